The molecule has 0 unspecified atom stereocenters. The van der Waals surface area contributed by atoms with Crippen LogP contribution in [-0.2, 0) is 17.8 Å². The van der Waals surface area contributed by atoms with E-state index in [1.165, 1.54) is 6.92 Å². The largest absolute Gasteiger partial charge is 0.493 e. The number of aromatic nitrogens is 1. The molecule has 0 radical (unpaired) electrons. The Kier molecular flexibility index (Phi) is 8.01. The van der Waals surface area contributed by atoms with Crippen LogP contribution in [-0.4, -0.2) is 28.7 Å². The fourth-order valence-electron chi connectivity index (χ4n) is 2.83. The first-order valence-electron chi connectivity index (χ1n) is 9.27. The molecular formula is C20H27N3O5. The van der Waals surface area contributed by atoms with Crippen LogP contribution in [0.3, 0.4) is 0 Å². The van der Waals surface area contributed by atoms with E-state index in [1.54, 1.807) is 18.2 Å². The van der Waals surface area contributed by atoms with Crippen molar-refractivity contribution in [3.8, 4) is 5.75 Å². The number of aliphatic hydroxyl groups is 1. The second kappa shape index (κ2) is 10.5. The number of carbonyl (C=O) groups excluding carboxylic acids is 2. The summed E-state index contributed by atoms with van der Waals surface area (Å²) in [5, 5.41) is 12.7. The van der Waals surface area contributed by atoms with Gasteiger partial charge in [-0.1, -0.05) is 5.16 Å². The summed E-state index contributed by atoms with van der Waals surface area (Å²) in [6.45, 7) is 5.58. The molecule has 0 bridgehead atoms. The second-order valence-corrected chi connectivity index (χ2v) is 6.68. The molecule has 2 amide bonds. The molecular weight excluding hydrogens is 362 g/mol. The number of aliphatic hydroxyl groups excluding tert-OH is 1. The van der Waals surface area contributed by atoms with Crippen LogP contribution in [0, 0.1) is 13.8 Å². The smallest absolute Gasteiger partial charge is 0.269 e. The molecule has 0 aliphatic carbocycles. The summed E-state index contributed by atoms with van der Waals surface area (Å²) in [6.07, 6.45) is 3.60. The van der Waals surface area contributed by atoms with Gasteiger partial charge in [0.1, 0.15) is 17.2 Å². The number of amides is 2. The van der Waals surface area contributed by atoms with Crippen LogP contribution in [0.5, 0.6) is 5.75 Å². The SMILES string of the molecule is CC(=O)NNC(=O)c1cc(C)c(OCCCCCc2cc(CO)no2)c(C)c1. The van der Waals surface area contributed by atoms with Gasteiger partial charge in [0, 0.05) is 25.0 Å². The van der Waals surface area contributed by atoms with Crippen molar-refractivity contribution in [1.29, 1.82) is 0 Å². The van der Waals surface area contributed by atoms with E-state index in [2.05, 4.69) is 16.0 Å². The van der Waals surface area contributed by atoms with Crippen LogP contribution < -0.4 is 15.6 Å². The monoisotopic (exact) mass is 389 g/mol. The molecule has 1 aromatic carbocycles. The number of benzene rings is 1. The van der Waals surface area contributed by atoms with Crippen LogP contribution >= 0.6 is 0 Å². The third kappa shape index (κ3) is 6.38. The average Bonchev–Trinajstić information content (AvgIpc) is 3.12. The Labute approximate surface area is 164 Å². The molecule has 2 rings (SSSR count). The number of nitrogens with one attached hydrogen (secondary N) is 2. The van der Waals surface area contributed by atoms with Gasteiger partial charge in [-0.25, -0.2) is 0 Å². The quantitative estimate of drug-likeness (QED) is 0.448. The highest BCUT2D eigenvalue weighted by Crippen LogP contribution is 2.25. The number of carbonyl (C=O) groups is 2. The Hall–Kier alpha value is -2.87. The molecule has 152 valence electrons. The minimum atomic E-state index is -0.371. The zero-order valence-corrected chi connectivity index (χ0v) is 16.5. The molecule has 0 aliphatic heterocycles. The summed E-state index contributed by atoms with van der Waals surface area (Å²) < 4.78 is 11.0. The maximum atomic E-state index is 12.0. The molecule has 3 N–H and O–H groups in total. The van der Waals surface area contributed by atoms with Gasteiger partial charge in [0.15, 0.2) is 0 Å². The van der Waals surface area contributed by atoms with Crippen molar-refractivity contribution >= 4 is 11.8 Å². The van der Waals surface area contributed by atoms with Crippen molar-refractivity contribution in [3.05, 3.63) is 46.3 Å². The molecule has 0 spiro atoms. The predicted octanol–water partition coefficient (Wildman–Crippen LogP) is 2.36. The maximum absolute atomic E-state index is 12.0. The number of ether oxygens (including phenoxy) is 1. The van der Waals surface area contributed by atoms with E-state index in [1.807, 2.05) is 13.8 Å². The van der Waals surface area contributed by atoms with Gasteiger partial charge in [-0.05, 0) is 56.4 Å². The van der Waals surface area contributed by atoms with Gasteiger partial charge < -0.3 is 14.4 Å². The van der Waals surface area contributed by atoms with E-state index in [0.717, 1.165) is 48.3 Å². The highest BCUT2D eigenvalue weighted by Gasteiger charge is 2.12. The van der Waals surface area contributed by atoms with Gasteiger partial charge in [-0.15, -0.1) is 0 Å². The van der Waals surface area contributed by atoms with Crippen molar-refractivity contribution in [3.63, 3.8) is 0 Å². The van der Waals surface area contributed by atoms with Gasteiger partial charge in [0.2, 0.25) is 5.91 Å². The Bertz CT molecular complexity index is 793. The zero-order valence-electron chi connectivity index (χ0n) is 16.5. The topological polar surface area (TPSA) is 114 Å². The Morgan fingerprint density at radius 2 is 1.82 bits per heavy atom. The van der Waals surface area contributed by atoms with Crippen molar-refractivity contribution in [1.82, 2.24) is 16.0 Å². The lowest BCUT2D eigenvalue weighted by Crippen LogP contribution is -2.40. The van der Waals surface area contributed by atoms with E-state index in [-0.39, 0.29) is 18.4 Å². The van der Waals surface area contributed by atoms with Gasteiger partial charge in [0.05, 0.1) is 13.2 Å². The van der Waals surface area contributed by atoms with Crippen LogP contribution in [0.4, 0.5) is 0 Å². The molecule has 0 saturated heterocycles. The van der Waals surface area contributed by atoms with Crippen molar-refractivity contribution in [2.45, 2.75) is 53.1 Å². The fraction of sp³-hybridized carbons (Fsp3) is 0.450. The summed E-state index contributed by atoms with van der Waals surface area (Å²) in [4.78, 5) is 22.9. The van der Waals surface area contributed by atoms with Crippen LogP contribution in [0.15, 0.2) is 22.7 Å². The van der Waals surface area contributed by atoms with Crippen molar-refractivity contribution < 1.29 is 24.0 Å². The number of hydrogen-bond donors (Lipinski definition) is 3. The minimum Gasteiger partial charge on any atom is -0.493 e. The van der Waals surface area contributed by atoms with E-state index in [9.17, 15) is 9.59 Å². The fourth-order valence-corrected chi connectivity index (χ4v) is 2.83. The van der Waals surface area contributed by atoms with Crippen LogP contribution in [0.2, 0.25) is 0 Å². The lowest BCUT2D eigenvalue weighted by atomic mass is 10.1. The summed E-state index contributed by atoms with van der Waals surface area (Å²) in [5.74, 6) is 0.854. The summed E-state index contributed by atoms with van der Waals surface area (Å²) in [7, 11) is 0. The molecule has 2 aromatic rings. The summed E-state index contributed by atoms with van der Waals surface area (Å²) in [5.41, 5.74) is 7.38. The van der Waals surface area contributed by atoms with Gasteiger partial charge >= 0.3 is 0 Å². The highest BCUT2D eigenvalue weighted by atomic mass is 16.5. The van der Waals surface area contributed by atoms with Gasteiger partial charge in [-0.3, -0.25) is 20.4 Å². The molecule has 1 heterocycles. The van der Waals surface area contributed by atoms with Crippen LogP contribution in [0.25, 0.3) is 0 Å². The third-order valence-corrected chi connectivity index (χ3v) is 4.16. The Morgan fingerprint density at radius 1 is 1.11 bits per heavy atom. The Morgan fingerprint density at radius 3 is 2.43 bits per heavy atom. The minimum absolute atomic E-state index is 0.107. The molecule has 0 atom stereocenters. The maximum Gasteiger partial charge on any atom is 0.269 e. The third-order valence-electron chi connectivity index (χ3n) is 4.16. The average molecular weight is 389 g/mol. The normalized spacial score (nSPS) is 10.6. The number of hydrazine groups is 1. The van der Waals surface area contributed by atoms with Crippen molar-refractivity contribution in [2.75, 3.05) is 6.61 Å². The molecule has 8 heteroatoms. The van der Waals surface area contributed by atoms with Crippen molar-refractivity contribution in [2.24, 2.45) is 0 Å². The molecule has 8 nitrogen and oxygen atoms in total. The van der Waals surface area contributed by atoms with E-state index in [0.29, 0.717) is 17.9 Å². The predicted molar refractivity (Wildman–Crippen MR) is 103 cm³/mol. The molecule has 0 saturated carbocycles. The number of aryl methyl sites for hydroxylation is 3. The standard InChI is InChI=1S/C20H27N3O5/c1-13-9-16(20(26)22-21-15(3)25)10-14(2)19(13)27-8-6-4-5-7-18-11-17(12-24)23-28-18/h9-11,24H,4-8,12H2,1-3H3,(H,21,25)(H,22,26). The van der Waals surface area contributed by atoms with Crippen LogP contribution in [0.1, 0.15) is 59.1 Å². The first-order chi connectivity index (χ1) is 13.4. The molecule has 0 fully saturated rings. The molecule has 1 aromatic heterocycles. The molecule has 0 aliphatic rings. The first-order valence-corrected chi connectivity index (χ1v) is 9.27. The number of nitrogens with zero attached hydrogens (tertiary/aromatic N) is 1. The first kappa shape index (κ1) is 21.4. The summed E-state index contributed by atoms with van der Waals surface area (Å²) in [6, 6.07) is 5.25. The lowest BCUT2D eigenvalue weighted by Gasteiger charge is -2.14. The number of hydrogen-bond acceptors (Lipinski definition) is 6. The van der Waals surface area contributed by atoms with E-state index >= 15 is 0 Å². The zero-order chi connectivity index (χ0) is 20.5. The van der Waals surface area contributed by atoms with Gasteiger partial charge in [-0.2, -0.15) is 0 Å². The van der Waals surface area contributed by atoms with E-state index < -0.39 is 0 Å². The van der Waals surface area contributed by atoms with E-state index in [4.69, 9.17) is 14.4 Å². The highest BCUT2D eigenvalue weighted by molar-refractivity contribution is 5.95. The van der Waals surface area contributed by atoms with Gasteiger partial charge in [0.25, 0.3) is 5.91 Å². The summed E-state index contributed by atoms with van der Waals surface area (Å²) >= 11 is 0. The lowest BCUT2D eigenvalue weighted by molar-refractivity contribution is -0.119. The number of rotatable bonds is 9. The molecule has 28 heavy (non-hydrogen) atoms. The second-order valence-electron chi connectivity index (χ2n) is 6.68. The number of unbranched alkanes of at least 4 members (excludes halogenated alkanes) is 2. The Balaban J connectivity index is 1.77.